The first-order valence-electron chi connectivity index (χ1n) is 4.63. The highest BCUT2D eigenvalue weighted by molar-refractivity contribution is 5.49. The Hall–Kier alpha value is -1.71. The van der Waals surface area contributed by atoms with E-state index >= 15 is 0 Å². The monoisotopic (exact) mass is 189 g/mol. The molecule has 0 aliphatic carbocycles. The van der Waals surface area contributed by atoms with Crippen LogP contribution in [-0.4, -0.2) is 20.9 Å². The zero-order valence-electron chi connectivity index (χ0n) is 7.76. The Balaban J connectivity index is 2.14. The molecule has 0 saturated carbocycles. The fourth-order valence-corrected chi connectivity index (χ4v) is 1.37. The second kappa shape index (κ2) is 4.00. The van der Waals surface area contributed by atoms with Gasteiger partial charge in [-0.2, -0.15) is 5.10 Å². The maximum absolute atomic E-state index is 10.1. The molecule has 0 amide bonds. The SMILES string of the molecule is O=CCCCc1cc2ncccn2n1. The predicted molar refractivity (Wildman–Crippen MR) is 52.0 cm³/mol. The van der Waals surface area contributed by atoms with Crippen molar-refractivity contribution in [1.29, 1.82) is 0 Å². The maximum Gasteiger partial charge on any atom is 0.155 e. The minimum atomic E-state index is 0.599. The van der Waals surface area contributed by atoms with Gasteiger partial charge < -0.3 is 4.79 Å². The molecule has 0 saturated heterocycles. The third-order valence-corrected chi connectivity index (χ3v) is 2.04. The Labute approximate surface area is 81.6 Å². The topological polar surface area (TPSA) is 47.3 Å². The van der Waals surface area contributed by atoms with Crippen LogP contribution in [0.15, 0.2) is 24.5 Å². The van der Waals surface area contributed by atoms with E-state index in [9.17, 15) is 4.79 Å². The molecule has 0 radical (unpaired) electrons. The van der Waals surface area contributed by atoms with E-state index in [1.165, 1.54) is 0 Å². The number of hydrogen-bond acceptors (Lipinski definition) is 3. The van der Waals surface area contributed by atoms with Crippen LogP contribution in [0.3, 0.4) is 0 Å². The minimum Gasteiger partial charge on any atom is -0.303 e. The van der Waals surface area contributed by atoms with Crippen molar-refractivity contribution in [1.82, 2.24) is 14.6 Å². The molecule has 0 aromatic carbocycles. The number of hydrogen-bond donors (Lipinski definition) is 0. The molecular weight excluding hydrogens is 178 g/mol. The van der Waals surface area contributed by atoms with E-state index in [2.05, 4.69) is 10.1 Å². The van der Waals surface area contributed by atoms with Crippen LogP contribution >= 0.6 is 0 Å². The van der Waals surface area contributed by atoms with Crippen LogP contribution < -0.4 is 0 Å². The van der Waals surface area contributed by atoms with Gasteiger partial charge in [0.1, 0.15) is 6.29 Å². The van der Waals surface area contributed by atoms with Crippen molar-refractivity contribution in [3.63, 3.8) is 0 Å². The number of aromatic nitrogens is 3. The number of unbranched alkanes of at least 4 members (excludes halogenated alkanes) is 1. The first-order chi connectivity index (χ1) is 6.90. The fourth-order valence-electron chi connectivity index (χ4n) is 1.37. The summed E-state index contributed by atoms with van der Waals surface area (Å²) in [5.74, 6) is 0. The lowest BCUT2D eigenvalue weighted by atomic mass is 10.2. The largest absolute Gasteiger partial charge is 0.303 e. The van der Waals surface area contributed by atoms with Gasteiger partial charge in [-0.15, -0.1) is 0 Å². The first kappa shape index (κ1) is 8.87. The Bertz CT molecular complexity index is 403. The maximum atomic E-state index is 10.1. The van der Waals surface area contributed by atoms with Crippen LogP contribution in [0.1, 0.15) is 18.5 Å². The van der Waals surface area contributed by atoms with E-state index in [4.69, 9.17) is 0 Å². The first-order valence-corrected chi connectivity index (χ1v) is 4.63. The highest BCUT2D eigenvalue weighted by Gasteiger charge is 2.00. The molecule has 2 aromatic heterocycles. The minimum absolute atomic E-state index is 0.599. The lowest BCUT2D eigenvalue weighted by Gasteiger charge is -1.90. The molecule has 0 N–H and O–H groups in total. The van der Waals surface area contributed by atoms with Gasteiger partial charge in [0.15, 0.2) is 5.65 Å². The molecule has 4 heteroatoms. The predicted octanol–water partition coefficient (Wildman–Crippen LogP) is 1.25. The van der Waals surface area contributed by atoms with Gasteiger partial charge in [0, 0.05) is 24.9 Å². The molecule has 0 unspecified atom stereocenters. The van der Waals surface area contributed by atoms with Crippen LogP contribution in [0, 0.1) is 0 Å². The normalized spacial score (nSPS) is 10.6. The van der Waals surface area contributed by atoms with E-state index in [0.717, 1.165) is 30.5 Å². The van der Waals surface area contributed by atoms with Gasteiger partial charge in [0.05, 0.1) is 5.69 Å². The number of carbonyl (C=O) groups is 1. The molecule has 14 heavy (non-hydrogen) atoms. The highest BCUT2D eigenvalue weighted by atomic mass is 16.1. The Morgan fingerprint density at radius 3 is 3.21 bits per heavy atom. The summed E-state index contributed by atoms with van der Waals surface area (Å²) in [4.78, 5) is 14.3. The third kappa shape index (κ3) is 1.79. The van der Waals surface area contributed by atoms with Crippen LogP contribution in [0.25, 0.3) is 5.65 Å². The van der Waals surface area contributed by atoms with Crippen molar-refractivity contribution in [2.75, 3.05) is 0 Å². The second-order valence-corrected chi connectivity index (χ2v) is 3.12. The Morgan fingerprint density at radius 1 is 1.50 bits per heavy atom. The molecule has 0 spiro atoms. The van der Waals surface area contributed by atoms with Gasteiger partial charge in [-0.3, -0.25) is 0 Å². The fraction of sp³-hybridized carbons (Fsp3) is 0.300. The van der Waals surface area contributed by atoms with Gasteiger partial charge >= 0.3 is 0 Å². The quantitative estimate of drug-likeness (QED) is 0.537. The third-order valence-electron chi connectivity index (χ3n) is 2.04. The van der Waals surface area contributed by atoms with E-state index in [1.54, 1.807) is 10.7 Å². The van der Waals surface area contributed by atoms with Gasteiger partial charge in [-0.25, -0.2) is 9.50 Å². The molecular formula is C10H11N3O. The second-order valence-electron chi connectivity index (χ2n) is 3.12. The number of fused-ring (bicyclic) bond motifs is 1. The summed E-state index contributed by atoms with van der Waals surface area (Å²) in [5, 5.41) is 4.32. The van der Waals surface area contributed by atoms with Crippen molar-refractivity contribution < 1.29 is 4.79 Å². The van der Waals surface area contributed by atoms with Gasteiger partial charge in [0.25, 0.3) is 0 Å². The summed E-state index contributed by atoms with van der Waals surface area (Å²) >= 11 is 0. The Kier molecular flexibility index (Phi) is 2.53. The van der Waals surface area contributed by atoms with Crippen LogP contribution in [0.5, 0.6) is 0 Å². The summed E-state index contributed by atoms with van der Waals surface area (Å²) in [7, 11) is 0. The summed E-state index contributed by atoms with van der Waals surface area (Å²) in [6.07, 6.45) is 6.84. The zero-order chi connectivity index (χ0) is 9.80. The molecule has 0 bridgehead atoms. The summed E-state index contributed by atoms with van der Waals surface area (Å²) in [6, 6.07) is 3.79. The lowest BCUT2D eigenvalue weighted by Crippen LogP contribution is -1.90. The van der Waals surface area contributed by atoms with E-state index in [0.29, 0.717) is 6.42 Å². The number of aldehydes is 1. The van der Waals surface area contributed by atoms with E-state index in [-0.39, 0.29) is 0 Å². The Morgan fingerprint density at radius 2 is 2.43 bits per heavy atom. The van der Waals surface area contributed by atoms with Crippen molar-refractivity contribution in [2.24, 2.45) is 0 Å². The van der Waals surface area contributed by atoms with Crippen molar-refractivity contribution in [3.05, 3.63) is 30.2 Å². The van der Waals surface area contributed by atoms with Crippen molar-refractivity contribution in [3.8, 4) is 0 Å². The standard InChI is InChI=1S/C10H11N3O/c14-7-2-1-4-9-8-10-11-5-3-6-13(10)12-9/h3,5-8H,1-2,4H2. The van der Waals surface area contributed by atoms with Crippen LogP contribution in [0.4, 0.5) is 0 Å². The highest BCUT2D eigenvalue weighted by Crippen LogP contribution is 2.05. The summed E-state index contributed by atoms with van der Waals surface area (Å²) in [5.41, 5.74) is 1.85. The van der Waals surface area contributed by atoms with E-state index < -0.39 is 0 Å². The van der Waals surface area contributed by atoms with E-state index in [1.807, 2.05) is 18.3 Å². The number of rotatable bonds is 4. The van der Waals surface area contributed by atoms with Gasteiger partial charge in [-0.05, 0) is 18.9 Å². The summed E-state index contributed by atoms with van der Waals surface area (Å²) in [6.45, 7) is 0. The lowest BCUT2D eigenvalue weighted by molar-refractivity contribution is -0.107. The van der Waals surface area contributed by atoms with Gasteiger partial charge in [0.2, 0.25) is 0 Å². The molecule has 2 heterocycles. The number of carbonyl (C=O) groups excluding carboxylic acids is 1. The van der Waals surface area contributed by atoms with Crippen molar-refractivity contribution in [2.45, 2.75) is 19.3 Å². The van der Waals surface area contributed by atoms with Crippen molar-refractivity contribution >= 4 is 11.9 Å². The van der Waals surface area contributed by atoms with Crippen LogP contribution in [0.2, 0.25) is 0 Å². The molecule has 0 atom stereocenters. The molecule has 2 aromatic rings. The van der Waals surface area contributed by atoms with Crippen LogP contribution in [-0.2, 0) is 11.2 Å². The smallest absolute Gasteiger partial charge is 0.155 e. The molecule has 2 rings (SSSR count). The van der Waals surface area contributed by atoms with Gasteiger partial charge in [-0.1, -0.05) is 0 Å². The number of aryl methyl sites for hydroxylation is 1. The molecule has 4 nitrogen and oxygen atoms in total. The molecule has 0 fully saturated rings. The number of nitrogens with zero attached hydrogens (tertiary/aromatic N) is 3. The average molecular weight is 189 g/mol. The average Bonchev–Trinajstić information content (AvgIpc) is 2.60. The molecule has 72 valence electrons. The molecule has 0 aliphatic heterocycles. The summed E-state index contributed by atoms with van der Waals surface area (Å²) < 4.78 is 1.75. The zero-order valence-corrected chi connectivity index (χ0v) is 7.76. The molecule has 0 aliphatic rings.